The lowest BCUT2D eigenvalue weighted by molar-refractivity contribution is -0.145. The Labute approximate surface area is 136 Å². The standard InChI is InChI=1S/C15H28N4O4/c1-4-8(5-2)12(18-7(3)20)11-10(19-15(16)17)6-9(13(11)21)14(22)23/h8-13,21H,4-6H2,1-3H3,(H,18,20)(H,22,23)(H4,16,17,19)/t9-,10+,11+,12+,13+/m1/s1. The van der Waals surface area contributed by atoms with Crippen LogP contribution in [-0.2, 0) is 9.59 Å². The Hall–Kier alpha value is -1.83. The zero-order valence-electron chi connectivity index (χ0n) is 13.9. The number of hydrogen-bond acceptors (Lipinski definition) is 4. The van der Waals surface area contributed by atoms with E-state index in [1.165, 1.54) is 6.92 Å². The summed E-state index contributed by atoms with van der Waals surface area (Å²) in [6, 6.07) is -0.913. The van der Waals surface area contributed by atoms with E-state index in [0.29, 0.717) is 0 Å². The van der Waals surface area contributed by atoms with Gasteiger partial charge in [0.05, 0.1) is 18.1 Å². The van der Waals surface area contributed by atoms with Crippen LogP contribution in [0.15, 0.2) is 4.99 Å². The minimum atomic E-state index is -1.11. The van der Waals surface area contributed by atoms with Crippen molar-refractivity contribution in [2.24, 2.45) is 34.2 Å². The van der Waals surface area contributed by atoms with Gasteiger partial charge >= 0.3 is 5.97 Å². The normalized spacial score (nSPS) is 28.4. The number of nitrogens with one attached hydrogen (secondary N) is 1. The third-order valence-corrected chi connectivity index (χ3v) is 4.72. The summed E-state index contributed by atoms with van der Waals surface area (Å²) in [7, 11) is 0. The van der Waals surface area contributed by atoms with Gasteiger partial charge in [0, 0.05) is 18.9 Å². The van der Waals surface area contributed by atoms with E-state index in [4.69, 9.17) is 11.5 Å². The number of hydrogen-bond donors (Lipinski definition) is 5. The second-order valence-corrected chi connectivity index (χ2v) is 6.17. The highest BCUT2D eigenvalue weighted by atomic mass is 16.4. The maximum atomic E-state index is 11.6. The number of carboxylic acid groups (broad SMARTS) is 1. The van der Waals surface area contributed by atoms with Crippen molar-refractivity contribution < 1.29 is 19.8 Å². The number of nitrogens with zero attached hydrogens (tertiary/aromatic N) is 1. The van der Waals surface area contributed by atoms with Crippen molar-refractivity contribution in [2.75, 3.05) is 0 Å². The van der Waals surface area contributed by atoms with Crippen molar-refractivity contribution >= 4 is 17.8 Å². The molecule has 8 heteroatoms. The van der Waals surface area contributed by atoms with Gasteiger partial charge in [-0.15, -0.1) is 0 Å². The highest BCUT2D eigenvalue weighted by Crippen LogP contribution is 2.39. The van der Waals surface area contributed by atoms with Gasteiger partial charge in [-0.3, -0.25) is 9.59 Å². The minimum absolute atomic E-state index is 0.0998. The van der Waals surface area contributed by atoms with Gasteiger partial charge in [-0.05, 0) is 12.3 Å². The summed E-state index contributed by atoms with van der Waals surface area (Å²) in [5.41, 5.74) is 10.9. The molecule has 0 bridgehead atoms. The van der Waals surface area contributed by atoms with Crippen molar-refractivity contribution in [1.29, 1.82) is 0 Å². The molecule has 1 saturated carbocycles. The van der Waals surface area contributed by atoms with E-state index >= 15 is 0 Å². The predicted octanol–water partition coefficient (Wildman–Crippen LogP) is -0.349. The molecule has 0 aromatic carbocycles. The highest BCUT2D eigenvalue weighted by molar-refractivity contribution is 5.76. The van der Waals surface area contributed by atoms with Crippen molar-refractivity contribution in [2.45, 2.75) is 58.2 Å². The molecule has 7 N–H and O–H groups in total. The van der Waals surface area contributed by atoms with Crippen molar-refractivity contribution in [3.8, 4) is 0 Å². The molecule has 23 heavy (non-hydrogen) atoms. The van der Waals surface area contributed by atoms with Crippen LogP contribution >= 0.6 is 0 Å². The molecule has 1 fully saturated rings. The summed E-state index contributed by atoms with van der Waals surface area (Å²) >= 11 is 0. The lowest BCUT2D eigenvalue weighted by Gasteiger charge is -2.35. The Bertz CT molecular complexity index is 460. The maximum Gasteiger partial charge on any atom is 0.309 e. The number of aliphatic hydroxyl groups excluding tert-OH is 1. The number of aliphatic hydroxyl groups is 1. The molecule has 8 nitrogen and oxygen atoms in total. The number of rotatable bonds is 7. The zero-order valence-corrected chi connectivity index (χ0v) is 13.9. The molecule has 1 aliphatic rings. The average molecular weight is 328 g/mol. The molecule has 5 atom stereocenters. The van der Waals surface area contributed by atoms with Crippen LogP contribution in [0.25, 0.3) is 0 Å². The van der Waals surface area contributed by atoms with E-state index in [1.807, 2.05) is 13.8 Å². The fourth-order valence-corrected chi connectivity index (χ4v) is 3.64. The smallest absolute Gasteiger partial charge is 0.309 e. The van der Waals surface area contributed by atoms with E-state index in [2.05, 4.69) is 10.3 Å². The number of nitrogens with two attached hydrogens (primary N) is 2. The zero-order chi connectivity index (χ0) is 17.7. The Kier molecular flexibility index (Phi) is 6.80. The van der Waals surface area contributed by atoms with Crippen molar-refractivity contribution in [3.63, 3.8) is 0 Å². The Morgan fingerprint density at radius 1 is 1.30 bits per heavy atom. The first-order chi connectivity index (χ1) is 10.7. The molecule has 0 aliphatic heterocycles. The Balaban J connectivity index is 3.23. The first-order valence-corrected chi connectivity index (χ1v) is 7.99. The fraction of sp³-hybridized carbons (Fsp3) is 0.800. The predicted molar refractivity (Wildman–Crippen MR) is 86.5 cm³/mol. The van der Waals surface area contributed by atoms with E-state index in [0.717, 1.165) is 12.8 Å². The number of amides is 1. The number of carbonyl (C=O) groups is 2. The number of carboxylic acids is 1. The molecule has 132 valence electrons. The molecule has 0 unspecified atom stereocenters. The molecule has 0 heterocycles. The number of aliphatic imine (C=N–C) groups is 1. The minimum Gasteiger partial charge on any atom is -0.481 e. The second-order valence-electron chi connectivity index (χ2n) is 6.17. The topological polar surface area (TPSA) is 151 Å². The molecule has 0 spiro atoms. The lowest BCUT2D eigenvalue weighted by atomic mass is 9.80. The maximum absolute atomic E-state index is 11.6. The molecule has 0 radical (unpaired) electrons. The first kappa shape index (κ1) is 19.2. The molecule has 1 amide bonds. The molecular formula is C15H28N4O4. The molecule has 1 rings (SSSR count). The average Bonchev–Trinajstić information content (AvgIpc) is 2.74. The summed E-state index contributed by atoms with van der Waals surface area (Å²) in [5, 5.41) is 22.7. The van der Waals surface area contributed by atoms with E-state index in [-0.39, 0.29) is 30.2 Å². The largest absolute Gasteiger partial charge is 0.481 e. The van der Waals surface area contributed by atoms with Crippen LogP contribution in [0.2, 0.25) is 0 Å². The monoisotopic (exact) mass is 328 g/mol. The van der Waals surface area contributed by atoms with Gasteiger partial charge in [0.1, 0.15) is 0 Å². The molecule has 0 aromatic heterocycles. The van der Waals surface area contributed by atoms with Crippen LogP contribution in [-0.4, -0.2) is 46.2 Å². The van der Waals surface area contributed by atoms with Crippen molar-refractivity contribution in [1.82, 2.24) is 5.32 Å². The quantitative estimate of drug-likeness (QED) is 0.318. The first-order valence-electron chi connectivity index (χ1n) is 7.99. The number of guanidine groups is 1. The third kappa shape index (κ3) is 4.57. The molecule has 1 aliphatic carbocycles. The van der Waals surface area contributed by atoms with Crippen LogP contribution in [0.1, 0.15) is 40.0 Å². The summed E-state index contributed by atoms with van der Waals surface area (Å²) < 4.78 is 0. The van der Waals surface area contributed by atoms with Crippen LogP contribution in [0.3, 0.4) is 0 Å². The summed E-state index contributed by atoms with van der Waals surface area (Å²) in [5.74, 6) is -2.84. The summed E-state index contributed by atoms with van der Waals surface area (Å²) in [6.45, 7) is 5.39. The van der Waals surface area contributed by atoms with E-state index in [1.54, 1.807) is 0 Å². The SMILES string of the molecule is CCC(CC)[C@H](NC(C)=O)[C@H]1[C@@H](O)[C@H](C(=O)O)C[C@@H]1N=C(N)N. The molecular weight excluding hydrogens is 300 g/mol. The van der Waals surface area contributed by atoms with Crippen LogP contribution in [0.5, 0.6) is 0 Å². The van der Waals surface area contributed by atoms with Crippen LogP contribution in [0.4, 0.5) is 0 Å². The number of carbonyl (C=O) groups excluding carboxylic acids is 1. The van der Waals surface area contributed by atoms with Crippen LogP contribution < -0.4 is 16.8 Å². The number of aliphatic carboxylic acids is 1. The highest BCUT2D eigenvalue weighted by Gasteiger charge is 2.50. The van der Waals surface area contributed by atoms with Crippen LogP contribution in [0, 0.1) is 17.8 Å². The van der Waals surface area contributed by atoms with E-state index in [9.17, 15) is 19.8 Å². The van der Waals surface area contributed by atoms with Gasteiger partial charge in [-0.25, -0.2) is 4.99 Å². The third-order valence-electron chi connectivity index (χ3n) is 4.72. The second kappa shape index (κ2) is 8.14. The van der Waals surface area contributed by atoms with Gasteiger partial charge in [-0.2, -0.15) is 0 Å². The Morgan fingerprint density at radius 2 is 1.87 bits per heavy atom. The van der Waals surface area contributed by atoms with Crippen molar-refractivity contribution in [3.05, 3.63) is 0 Å². The summed E-state index contributed by atoms with van der Waals surface area (Å²) in [6.07, 6.45) is 0.612. The van der Waals surface area contributed by atoms with E-state index < -0.39 is 30.0 Å². The van der Waals surface area contributed by atoms with Gasteiger partial charge in [0.15, 0.2) is 5.96 Å². The van der Waals surface area contributed by atoms with Gasteiger partial charge in [-0.1, -0.05) is 26.7 Å². The molecule has 0 aromatic rings. The van der Waals surface area contributed by atoms with Gasteiger partial charge in [0.25, 0.3) is 0 Å². The lowest BCUT2D eigenvalue weighted by Crippen LogP contribution is -2.51. The van der Waals surface area contributed by atoms with Gasteiger partial charge < -0.3 is 27.0 Å². The summed E-state index contributed by atoms with van der Waals surface area (Å²) in [4.78, 5) is 27.1. The fourth-order valence-electron chi connectivity index (χ4n) is 3.64. The van der Waals surface area contributed by atoms with Gasteiger partial charge in [0.2, 0.25) is 5.91 Å². The Morgan fingerprint density at radius 3 is 2.26 bits per heavy atom. The molecule has 0 saturated heterocycles.